The van der Waals surface area contributed by atoms with Crippen LogP contribution in [0.15, 0.2) is 0 Å². The Labute approximate surface area is 128 Å². The molecular weight excluding hydrogens is 272 g/mol. The molecule has 1 aliphatic heterocycles. The Morgan fingerprint density at radius 1 is 1.20 bits per heavy atom. The Kier molecular flexibility index (Phi) is 3.79. The fraction of sp³-hybridized carbons (Fsp3) is 0.938. The Morgan fingerprint density at radius 2 is 1.85 bits per heavy atom. The molecule has 3 nitrogen and oxygen atoms in total. The Hall–Kier alpha value is -0.280. The van der Waals surface area contributed by atoms with Gasteiger partial charge in [0.1, 0.15) is 0 Å². The van der Waals surface area contributed by atoms with Gasteiger partial charge in [-0.05, 0) is 61.7 Å². The maximum atomic E-state index is 12.9. The van der Waals surface area contributed by atoms with Gasteiger partial charge >= 0.3 is 0 Å². The Morgan fingerprint density at radius 3 is 2.45 bits per heavy atom. The number of amides is 1. The third-order valence-corrected chi connectivity index (χ3v) is 6.66. The molecule has 114 valence electrons. The van der Waals surface area contributed by atoms with Gasteiger partial charge in [-0.2, -0.15) is 0 Å². The first-order valence-electron chi connectivity index (χ1n) is 8.23. The number of hydrogen-bond donors (Lipinski definition) is 1. The number of nitrogens with zero attached hydrogens (tertiary/aromatic N) is 1. The van der Waals surface area contributed by atoms with Gasteiger partial charge in [-0.15, -0.1) is 12.4 Å². The molecular formula is C16H27ClN2O. The van der Waals surface area contributed by atoms with Crippen molar-refractivity contribution in [1.29, 1.82) is 0 Å². The minimum Gasteiger partial charge on any atom is -0.338 e. The van der Waals surface area contributed by atoms with Gasteiger partial charge < -0.3 is 10.6 Å². The van der Waals surface area contributed by atoms with E-state index >= 15 is 0 Å². The summed E-state index contributed by atoms with van der Waals surface area (Å²) in [5, 5.41) is 0. The highest BCUT2D eigenvalue weighted by atomic mass is 35.5. The van der Waals surface area contributed by atoms with E-state index in [1.165, 1.54) is 25.7 Å². The van der Waals surface area contributed by atoms with Crippen LogP contribution < -0.4 is 5.73 Å². The smallest absolute Gasteiger partial charge is 0.226 e. The highest BCUT2D eigenvalue weighted by Gasteiger charge is 2.68. The van der Waals surface area contributed by atoms with Gasteiger partial charge in [-0.25, -0.2) is 0 Å². The first-order chi connectivity index (χ1) is 9.22. The zero-order valence-corrected chi connectivity index (χ0v) is 13.1. The standard InChI is InChI=1S/C16H26N2O.ClH/c1-9-3-2-6-18(12(9)8-17)16(19)15-13-10-4-5-11(7-10)14(13)15;/h9-15H,2-8,17H2,1H3;1H. The van der Waals surface area contributed by atoms with Crippen molar-refractivity contribution in [3.8, 4) is 0 Å². The van der Waals surface area contributed by atoms with E-state index in [0.29, 0.717) is 30.3 Å². The minimum absolute atomic E-state index is 0. The highest BCUT2D eigenvalue weighted by molar-refractivity contribution is 5.85. The van der Waals surface area contributed by atoms with Gasteiger partial charge in [-0.1, -0.05) is 6.92 Å². The summed E-state index contributed by atoms with van der Waals surface area (Å²) in [5.41, 5.74) is 5.93. The van der Waals surface area contributed by atoms with E-state index < -0.39 is 0 Å². The zero-order chi connectivity index (χ0) is 13.1. The monoisotopic (exact) mass is 298 g/mol. The third-order valence-electron chi connectivity index (χ3n) is 6.66. The van der Waals surface area contributed by atoms with Crippen LogP contribution in [0.2, 0.25) is 0 Å². The second-order valence-electron chi connectivity index (χ2n) is 7.47. The highest BCUT2D eigenvalue weighted by Crippen LogP contribution is 2.69. The summed E-state index contributed by atoms with van der Waals surface area (Å²) in [7, 11) is 0. The molecule has 4 aliphatic rings. The molecule has 6 unspecified atom stereocenters. The fourth-order valence-electron chi connectivity index (χ4n) is 5.73. The van der Waals surface area contributed by atoms with Crippen LogP contribution in [0.3, 0.4) is 0 Å². The molecule has 3 saturated carbocycles. The lowest BCUT2D eigenvalue weighted by atomic mass is 9.90. The first kappa shape index (κ1) is 14.6. The molecule has 4 fully saturated rings. The van der Waals surface area contributed by atoms with Crippen molar-refractivity contribution in [2.75, 3.05) is 13.1 Å². The second-order valence-corrected chi connectivity index (χ2v) is 7.47. The largest absolute Gasteiger partial charge is 0.338 e. The summed E-state index contributed by atoms with van der Waals surface area (Å²) < 4.78 is 0. The summed E-state index contributed by atoms with van der Waals surface area (Å²) in [6.45, 7) is 3.85. The summed E-state index contributed by atoms with van der Waals surface area (Å²) >= 11 is 0. The van der Waals surface area contributed by atoms with Crippen molar-refractivity contribution in [1.82, 2.24) is 4.90 Å². The molecule has 6 atom stereocenters. The number of carbonyl (C=O) groups is 1. The molecule has 20 heavy (non-hydrogen) atoms. The van der Waals surface area contributed by atoms with E-state index in [4.69, 9.17) is 5.73 Å². The van der Waals surface area contributed by atoms with Crippen molar-refractivity contribution in [3.05, 3.63) is 0 Å². The second kappa shape index (κ2) is 5.17. The first-order valence-corrected chi connectivity index (χ1v) is 8.23. The number of rotatable bonds is 2. The van der Waals surface area contributed by atoms with E-state index in [-0.39, 0.29) is 12.4 Å². The number of piperidine rings is 1. The lowest BCUT2D eigenvalue weighted by Crippen LogP contribution is -2.52. The Bertz CT molecular complexity index is 386. The van der Waals surface area contributed by atoms with Crippen LogP contribution in [0.1, 0.15) is 39.0 Å². The molecule has 4 rings (SSSR count). The van der Waals surface area contributed by atoms with Crippen molar-refractivity contribution >= 4 is 18.3 Å². The molecule has 2 N–H and O–H groups in total. The molecule has 0 aromatic carbocycles. The fourth-order valence-corrected chi connectivity index (χ4v) is 5.73. The lowest BCUT2D eigenvalue weighted by Gasteiger charge is -2.40. The molecule has 1 heterocycles. The van der Waals surface area contributed by atoms with Gasteiger partial charge in [0.05, 0.1) is 0 Å². The van der Waals surface area contributed by atoms with Crippen molar-refractivity contribution in [3.63, 3.8) is 0 Å². The van der Waals surface area contributed by atoms with Crippen molar-refractivity contribution < 1.29 is 4.79 Å². The topological polar surface area (TPSA) is 46.3 Å². The molecule has 0 radical (unpaired) electrons. The third kappa shape index (κ3) is 1.93. The maximum absolute atomic E-state index is 12.9. The SMILES string of the molecule is CC1CCCN(C(=O)C2C3C4CCC(C4)C23)C1CN.Cl. The quantitative estimate of drug-likeness (QED) is 0.850. The number of carbonyl (C=O) groups excluding carboxylic acids is 1. The van der Waals surface area contributed by atoms with Gasteiger partial charge in [0.25, 0.3) is 0 Å². The molecule has 1 amide bonds. The maximum Gasteiger partial charge on any atom is 0.226 e. The number of hydrogen-bond acceptors (Lipinski definition) is 2. The van der Waals surface area contributed by atoms with Crippen molar-refractivity contribution in [2.45, 2.75) is 45.1 Å². The molecule has 4 heteroatoms. The predicted molar refractivity (Wildman–Crippen MR) is 81.5 cm³/mol. The molecule has 3 aliphatic carbocycles. The number of likely N-dealkylation sites (tertiary alicyclic amines) is 1. The van der Waals surface area contributed by atoms with Gasteiger partial charge in [0.2, 0.25) is 5.91 Å². The van der Waals surface area contributed by atoms with Crippen LogP contribution in [-0.2, 0) is 4.79 Å². The van der Waals surface area contributed by atoms with Gasteiger partial charge in [0.15, 0.2) is 0 Å². The minimum atomic E-state index is 0. The van der Waals surface area contributed by atoms with Crippen LogP contribution in [0, 0.1) is 35.5 Å². The summed E-state index contributed by atoms with van der Waals surface area (Å²) in [6.07, 6.45) is 6.61. The van der Waals surface area contributed by atoms with Crippen molar-refractivity contribution in [2.24, 2.45) is 41.2 Å². The average molecular weight is 299 g/mol. The van der Waals surface area contributed by atoms with Crippen LogP contribution in [0.5, 0.6) is 0 Å². The van der Waals surface area contributed by atoms with Crippen LogP contribution in [-0.4, -0.2) is 29.9 Å². The normalized spacial score (nSPS) is 48.7. The number of fused-ring (bicyclic) bond motifs is 5. The van der Waals surface area contributed by atoms with E-state index in [2.05, 4.69) is 11.8 Å². The van der Waals surface area contributed by atoms with E-state index in [1.807, 2.05) is 0 Å². The zero-order valence-electron chi connectivity index (χ0n) is 12.3. The van der Waals surface area contributed by atoms with Crippen LogP contribution in [0.25, 0.3) is 0 Å². The predicted octanol–water partition coefficient (Wildman–Crippen LogP) is 2.29. The average Bonchev–Trinajstić information content (AvgIpc) is 2.85. The van der Waals surface area contributed by atoms with E-state index in [9.17, 15) is 4.79 Å². The van der Waals surface area contributed by atoms with E-state index in [0.717, 1.165) is 36.6 Å². The summed E-state index contributed by atoms with van der Waals surface area (Å²) in [4.78, 5) is 15.0. The Balaban J connectivity index is 0.00000121. The number of halogens is 1. The van der Waals surface area contributed by atoms with Crippen LogP contribution in [0.4, 0.5) is 0 Å². The van der Waals surface area contributed by atoms with Gasteiger partial charge in [0, 0.05) is 25.0 Å². The van der Waals surface area contributed by atoms with Gasteiger partial charge in [-0.3, -0.25) is 4.79 Å². The molecule has 2 bridgehead atoms. The molecule has 1 saturated heterocycles. The lowest BCUT2D eigenvalue weighted by molar-refractivity contribution is -0.138. The molecule has 0 aromatic heterocycles. The number of nitrogens with two attached hydrogens (primary N) is 1. The molecule has 0 aromatic rings. The van der Waals surface area contributed by atoms with Crippen LogP contribution >= 0.6 is 12.4 Å². The van der Waals surface area contributed by atoms with E-state index in [1.54, 1.807) is 0 Å². The summed E-state index contributed by atoms with van der Waals surface area (Å²) in [5.74, 6) is 4.76. The summed E-state index contributed by atoms with van der Waals surface area (Å²) in [6, 6.07) is 0.306. The molecule has 0 spiro atoms.